The number of nitrogens with one attached hydrogen (secondary N) is 1. The van der Waals surface area contributed by atoms with Gasteiger partial charge < -0.3 is 9.73 Å². The Hall–Kier alpha value is -3.87. The van der Waals surface area contributed by atoms with Crippen molar-refractivity contribution in [1.29, 1.82) is 0 Å². The molecule has 0 bridgehead atoms. The van der Waals surface area contributed by atoms with E-state index < -0.39 is 11.6 Å². The first kappa shape index (κ1) is 18.2. The van der Waals surface area contributed by atoms with Crippen LogP contribution in [0.1, 0.15) is 29.0 Å². The second kappa shape index (κ2) is 6.88. The van der Waals surface area contributed by atoms with E-state index in [1.165, 1.54) is 16.1 Å². The number of rotatable bonds is 4. The zero-order valence-corrected chi connectivity index (χ0v) is 16.1. The van der Waals surface area contributed by atoms with Gasteiger partial charge in [0, 0.05) is 18.5 Å². The van der Waals surface area contributed by atoms with Gasteiger partial charge >= 0.3 is 0 Å². The van der Waals surface area contributed by atoms with Crippen molar-refractivity contribution in [2.24, 2.45) is 0 Å². The van der Waals surface area contributed by atoms with Crippen LogP contribution in [0.15, 0.2) is 77.4 Å². The first-order valence-corrected chi connectivity index (χ1v) is 9.74. The number of amides is 3. The predicted octanol–water partition coefficient (Wildman–Crippen LogP) is 3.40. The lowest BCUT2D eigenvalue weighted by Crippen LogP contribution is -2.69. The van der Waals surface area contributed by atoms with Gasteiger partial charge in [-0.25, -0.2) is 0 Å². The molecule has 1 fully saturated rings. The fourth-order valence-electron chi connectivity index (χ4n) is 4.31. The molecule has 30 heavy (non-hydrogen) atoms. The van der Waals surface area contributed by atoms with E-state index in [4.69, 9.17) is 4.42 Å². The van der Waals surface area contributed by atoms with E-state index >= 15 is 0 Å². The van der Waals surface area contributed by atoms with Crippen LogP contribution in [0.2, 0.25) is 0 Å². The van der Waals surface area contributed by atoms with Crippen LogP contribution in [-0.4, -0.2) is 28.3 Å². The average Bonchev–Trinajstić information content (AvgIpc) is 3.40. The van der Waals surface area contributed by atoms with E-state index in [-0.39, 0.29) is 31.2 Å². The summed E-state index contributed by atoms with van der Waals surface area (Å²) in [5.41, 5.74) is -0.0164. The van der Waals surface area contributed by atoms with Crippen molar-refractivity contribution >= 4 is 29.1 Å². The molecule has 0 radical (unpaired) electrons. The number of furan rings is 1. The Bertz CT molecular complexity index is 1130. The zero-order chi connectivity index (χ0) is 20.7. The van der Waals surface area contributed by atoms with E-state index in [9.17, 15) is 14.4 Å². The van der Waals surface area contributed by atoms with Gasteiger partial charge in [-0.15, -0.1) is 0 Å². The van der Waals surface area contributed by atoms with Crippen LogP contribution < -0.4 is 10.2 Å². The van der Waals surface area contributed by atoms with Gasteiger partial charge in [0.05, 0.1) is 24.1 Å². The summed E-state index contributed by atoms with van der Waals surface area (Å²) in [7, 11) is 0. The first-order chi connectivity index (χ1) is 14.6. The molecule has 2 aromatic carbocycles. The number of carbonyl (C=O) groups is 3. The number of hydrogen-bond acceptors (Lipinski definition) is 4. The molecule has 1 saturated heterocycles. The summed E-state index contributed by atoms with van der Waals surface area (Å²) in [6.45, 7) is 0.0756. The minimum absolute atomic E-state index is 0.0756. The van der Waals surface area contributed by atoms with Crippen molar-refractivity contribution in [3.05, 3.63) is 84.3 Å². The molecular formula is C23H19N3O4. The lowest BCUT2D eigenvalue weighted by Gasteiger charge is -2.48. The van der Waals surface area contributed by atoms with Crippen LogP contribution in [0.5, 0.6) is 0 Å². The van der Waals surface area contributed by atoms with E-state index in [0.717, 1.165) is 0 Å². The Labute approximate surface area is 172 Å². The fourth-order valence-corrected chi connectivity index (χ4v) is 4.31. The Morgan fingerprint density at radius 2 is 1.77 bits per heavy atom. The predicted molar refractivity (Wildman–Crippen MR) is 110 cm³/mol. The van der Waals surface area contributed by atoms with Gasteiger partial charge in [0.2, 0.25) is 11.6 Å². The molecule has 150 valence electrons. The second-order valence-corrected chi connectivity index (χ2v) is 7.35. The third-order valence-electron chi connectivity index (χ3n) is 5.66. The van der Waals surface area contributed by atoms with Crippen molar-refractivity contribution in [2.45, 2.75) is 25.0 Å². The zero-order valence-electron chi connectivity index (χ0n) is 16.1. The highest BCUT2D eigenvalue weighted by Gasteiger charge is 2.61. The van der Waals surface area contributed by atoms with Gasteiger partial charge in [0.15, 0.2) is 0 Å². The maximum absolute atomic E-state index is 13.7. The highest BCUT2D eigenvalue weighted by Crippen LogP contribution is 2.45. The normalized spacial score (nSPS) is 20.1. The van der Waals surface area contributed by atoms with Crippen molar-refractivity contribution in [2.75, 3.05) is 10.2 Å². The molecule has 2 aliphatic heterocycles. The summed E-state index contributed by atoms with van der Waals surface area (Å²) in [6.07, 6.45) is 1.88. The van der Waals surface area contributed by atoms with Crippen LogP contribution in [-0.2, 0) is 16.1 Å². The Kier molecular flexibility index (Phi) is 4.17. The minimum Gasteiger partial charge on any atom is -0.467 e. The summed E-state index contributed by atoms with van der Waals surface area (Å²) in [6, 6.07) is 19.4. The van der Waals surface area contributed by atoms with E-state index in [1.54, 1.807) is 48.5 Å². The highest BCUT2D eigenvalue weighted by atomic mass is 16.3. The van der Waals surface area contributed by atoms with E-state index in [2.05, 4.69) is 5.32 Å². The number of hydrogen-bond donors (Lipinski definition) is 1. The van der Waals surface area contributed by atoms with E-state index in [1.807, 2.05) is 18.2 Å². The SMILES string of the molecule is O=C1c2ccccc2N2C(=O)CC[C@@]2(C(=O)Nc2ccccc2)N1Cc1ccco1. The maximum atomic E-state index is 13.7. The first-order valence-electron chi connectivity index (χ1n) is 9.74. The summed E-state index contributed by atoms with van der Waals surface area (Å²) in [5, 5.41) is 2.90. The van der Waals surface area contributed by atoms with Crippen LogP contribution in [0, 0.1) is 0 Å². The molecule has 1 atom stereocenters. The lowest BCUT2D eigenvalue weighted by molar-refractivity contribution is -0.129. The summed E-state index contributed by atoms with van der Waals surface area (Å²) in [4.78, 5) is 43.1. The van der Waals surface area contributed by atoms with Gasteiger partial charge in [-0.2, -0.15) is 0 Å². The number of carbonyl (C=O) groups excluding carboxylic acids is 3. The van der Waals surface area contributed by atoms with Crippen LogP contribution in [0.3, 0.4) is 0 Å². The molecule has 0 spiro atoms. The van der Waals surface area contributed by atoms with Crippen LogP contribution in [0.25, 0.3) is 0 Å². The van der Waals surface area contributed by atoms with Gasteiger partial charge in [0.1, 0.15) is 5.76 Å². The molecule has 1 aromatic heterocycles. The van der Waals surface area contributed by atoms with Gasteiger partial charge in [0.25, 0.3) is 11.8 Å². The molecule has 5 rings (SSSR count). The molecule has 2 aliphatic rings. The van der Waals surface area contributed by atoms with Gasteiger partial charge in [-0.05, 0) is 36.4 Å². The molecule has 3 amide bonds. The quantitative estimate of drug-likeness (QED) is 0.726. The molecule has 3 aromatic rings. The second-order valence-electron chi connectivity index (χ2n) is 7.35. The molecule has 0 saturated carbocycles. The van der Waals surface area contributed by atoms with Crippen LogP contribution >= 0.6 is 0 Å². The topological polar surface area (TPSA) is 82.9 Å². The van der Waals surface area contributed by atoms with Crippen molar-refractivity contribution in [3.63, 3.8) is 0 Å². The third kappa shape index (κ3) is 2.62. The Morgan fingerprint density at radius 3 is 2.53 bits per heavy atom. The van der Waals surface area contributed by atoms with Gasteiger partial charge in [-0.1, -0.05) is 30.3 Å². The third-order valence-corrected chi connectivity index (χ3v) is 5.66. The largest absolute Gasteiger partial charge is 0.467 e. The van der Waals surface area contributed by atoms with Crippen molar-refractivity contribution < 1.29 is 18.8 Å². The molecule has 0 unspecified atom stereocenters. The lowest BCUT2D eigenvalue weighted by atomic mass is 9.95. The number of anilines is 2. The summed E-state index contributed by atoms with van der Waals surface area (Å²) < 4.78 is 5.46. The van der Waals surface area contributed by atoms with Crippen LogP contribution in [0.4, 0.5) is 11.4 Å². The minimum atomic E-state index is -1.47. The smallest absolute Gasteiger partial charge is 0.271 e. The molecule has 7 heteroatoms. The van der Waals surface area contributed by atoms with Crippen molar-refractivity contribution in [3.8, 4) is 0 Å². The highest BCUT2D eigenvalue weighted by molar-refractivity contribution is 6.18. The fraction of sp³-hybridized carbons (Fsp3) is 0.174. The number of fused-ring (bicyclic) bond motifs is 3. The molecule has 0 aliphatic carbocycles. The van der Waals surface area contributed by atoms with Crippen molar-refractivity contribution in [1.82, 2.24) is 4.90 Å². The molecule has 7 nitrogen and oxygen atoms in total. The Morgan fingerprint density at radius 1 is 1.00 bits per heavy atom. The van der Waals surface area contributed by atoms with Gasteiger partial charge in [-0.3, -0.25) is 24.2 Å². The molecule has 3 heterocycles. The standard InChI is InChI=1S/C23H19N3O4/c27-20-12-13-23(22(29)24-16-7-2-1-3-8-16)25(15-17-9-6-14-30-17)21(28)18-10-4-5-11-19(18)26(20)23/h1-11,14H,12-13,15H2,(H,24,29)/t23-/m1/s1. The average molecular weight is 401 g/mol. The summed E-state index contributed by atoms with van der Waals surface area (Å²) in [5.74, 6) is -0.387. The van der Waals surface area contributed by atoms with E-state index in [0.29, 0.717) is 22.7 Å². The number of para-hydroxylation sites is 2. The molecular weight excluding hydrogens is 382 g/mol. The molecule has 1 N–H and O–H groups in total. The monoisotopic (exact) mass is 401 g/mol. The summed E-state index contributed by atoms with van der Waals surface area (Å²) >= 11 is 0. The number of nitrogens with zero attached hydrogens (tertiary/aromatic N) is 2. The number of benzene rings is 2. The Balaban J connectivity index is 1.66. The maximum Gasteiger partial charge on any atom is 0.271 e.